The van der Waals surface area contributed by atoms with Crippen LogP contribution in [-0.4, -0.2) is 69.6 Å². The number of aromatic carboxylic acids is 2. The fourth-order valence-electron chi connectivity index (χ4n) is 3.75. The molecular formula is C23H25FN2O6. The maximum atomic E-state index is 13.1. The second-order valence-corrected chi connectivity index (χ2v) is 7.95. The third-order valence-corrected chi connectivity index (χ3v) is 5.50. The van der Waals surface area contributed by atoms with Gasteiger partial charge in [0.2, 0.25) is 0 Å². The highest BCUT2D eigenvalue weighted by molar-refractivity contribution is 5.94. The molecule has 170 valence electrons. The van der Waals surface area contributed by atoms with E-state index in [1.54, 1.807) is 17.0 Å². The molecule has 0 aliphatic carbocycles. The molecule has 9 heteroatoms. The lowest BCUT2D eigenvalue weighted by Gasteiger charge is -2.44. The summed E-state index contributed by atoms with van der Waals surface area (Å²) in [5.74, 6) is -3.13. The van der Waals surface area contributed by atoms with Crippen LogP contribution in [0.3, 0.4) is 0 Å². The van der Waals surface area contributed by atoms with E-state index in [9.17, 15) is 18.8 Å². The van der Waals surface area contributed by atoms with Crippen molar-refractivity contribution in [2.45, 2.75) is 32.5 Å². The van der Waals surface area contributed by atoms with Gasteiger partial charge in [-0.2, -0.15) is 0 Å². The molecule has 2 N–H and O–H groups in total. The van der Waals surface area contributed by atoms with Gasteiger partial charge in [0.1, 0.15) is 11.6 Å². The summed E-state index contributed by atoms with van der Waals surface area (Å²) in [6, 6.07) is 9.72. The first-order chi connectivity index (χ1) is 15.1. The SMILES string of the molecule is CC1CN(C(=O)COc2cc(C(=O)O)cc(C(=O)O)c2)C(C)CN1Cc1ccc(F)cc1. The molecule has 1 amide bonds. The van der Waals surface area contributed by atoms with Crippen molar-refractivity contribution in [3.63, 3.8) is 0 Å². The van der Waals surface area contributed by atoms with Crippen molar-refractivity contribution in [3.05, 3.63) is 65.0 Å². The number of amides is 1. The zero-order valence-corrected chi connectivity index (χ0v) is 17.8. The van der Waals surface area contributed by atoms with Gasteiger partial charge in [-0.25, -0.2) is 14.0 Å². The molecule has 0 aromatic heterocycles. The zero-order chi connectivity index (χ0) is 23.4. The average Bonchev–Trinajstić information content (AvgIpc) is 2.75. The summed E-state index contributed by atoms with van der Waals surface area (Å²) in [5.41, 5.74) is 0.522. The van der Waals surface area contributed by atoms with Crippen LogP contribution < -0.4 is 4.74 Å². The van der Waals surface area contributed by atoms with Gasteiger partial charge in [-0.05, 0) is 49.7 Å². The van der Waals surface area contributed by atoms with Crippen LogP contribution in [0.2, 0.25) is 0 Å². The third kappa shape index (κ3) is 5.61. The van der Waals surface area contributed by atoms with Crippen LogP contribution in [0.15, 0.2) is 42.5 Å². The molecule has 8 nitrogen and oxygen atoms in total. The Hall–Kier alpha value is -3.46. The van der Waals surface area contributed by atoms with Crippen LogP contribution in [0.1, 0.15) is 40.1 Å². The first kappa shape index (κ1) is 23.2. The number of carbonyl (C=O) groups is 3. The molecule has 0 saturated carbocycles. The van der Waals surface area contributed by atoms with E-state index in [0.29, 0.717) is 19.6 Å². The van der Waals surface area contributed by atoms with E-state index in [2.05, 4.69) is 4.90 Å². The third-order valence-electron chi connectivity index (χ3n) is 5.50. The Morgan fingerprint density at radius 3 is 2.12 bits per heavy atom. The van der Waals surface area contributed by atoms with Gasteiger partial charge in [0.05, 0.1) is 11.1 Å². The number of carbonyl (C=O) groups excluding carboxylic acids is 1. The lowest BCUT2D eigenvalue weighted by molar-refractivity contribution is -0.139. The summed E-state index contributed by atoms with van der Waals surface area (Å²) in [7, 11) is 0. The van der Waals surface area contributed by atoms with Crippen LogP contribution in [0.4, 0.5) is 4.39 Å². The Balaban J connectivity index is 1.62. The van der Waals surface area contributed by atoms with E-state index >= 15 is 0 Å². The highest BCUT2D eigenvalue weighted by atomic mass is 19.1. The topological polar surface area (TPSA) is 107 Å². The molecule has 32 heavy (non-hydrogen) atoms. The van der Waals surface area contributed by atoms with Crippen LogP contribution in [0.25, 0.3) is 0 Å². The predicted octanol–water partition coefficient (Wildman–Crippen LogP) is 2.72. The maximum absolute atomic E-state index is 13.1. The van der Waals surface area contributed by atoms with E-state index in [-0.39, 0.29) is 47.3 Å². The van der Waals surface area contributed by atoms with E-state index < -0.39 is 11.9 Å². The van der Waals surface area contributed by atoms with Gasteiger partial charge in [-0.15, -0.1) is 0 Å². The minimum absolute atomic E-state index is 0.00583. The Labute approximate surface area is 184 Å². The quantitative estimate of drug-likeness (QED) is 0.676. The predicted molar refractivity (Wildman–Crippen MR) is 113 cm³/mol. The molecular weight excluding hydrogens is 419 g/mol. The number of nitrogens with zero attached hydrogens (tertiary/aromatic N) is 2. The Kier molecular flexibility index (Phi) is 7.09. The smallest absolute Gasteiger partial charge is 0.335 e. The molecule has 2 unspecified atom stereocenters. The lowest BCUT2D eigenvalue weighted by Crippen LogP contribution is -2.58. The van der Waals surface area contributed by atoms with Crippen molar-refractivity contribution in [1.29, 1.82) is 0 Å². The van der Waals surface area contributed by atoms with Crippen LogP contribution in [0, 0.1) is 5.82 Å². The number of ether oxygens (including phenoxy) is 1. The van der Waals surface area contributed by atoms with Gasteiger partial charge in [0, 0.05) is 31.7 Å². The minimum Gasteiger partial charge on any atom is -0.484 e. The number of rotatable bonds is 7. The lowest BCUT2D eigenvalue weighted by atomic mass is 10.1. The van der Waals surface area contributed by atoms with Crippen LogP contribution in [0.5, 0.6) is 5.75 Å². The largest absolute Gasteiger partial charge is 0.484 e. The second-order valence-electron chi connectivity index (χ2n) is 7.95. The Morgan fingerprint density at radius 2 is 1.56 bits per heavy atom. The first-order valence-electron chi connectivity index (χ1n) is 10.2. The summed E-state index contributed by atoms with van der Waals surface area (Å²) in [6.07, 6.45) is 0. The van der Waals surface area contributed by atoms with Gasteiger partial charge in [0.25, 0.3) is 5.91 Å². The molecule has 3 rings (SSSR count). The van der Waals surface area contributed by atoms with E-state index in [1.807, 2.05) is 13.8 Å². The fourth-order valence-corrected chi connectivity index (χ4v) is 3.75. The molecule has 1 saturated heterocycles. The van der Waals surface area contributed by atoms with Gasteiger partial charge >= 0.3 is 11.9 Å². The first-order valence-corrected chi connectivity index (χ1v) is 10.2. The fraction of sp³-hybridized carbons (Fsp3) is 0.348. The van der Waals surface area contributed by atoms with Gasteiger partial charge in [0.15, 0.2) is 6.61 Å². The molecule has 0 bridgehead atoms. The van der Waals surface area contributed by atoms with E-state index in [1.165, 1.54) is 24.3 Å². The number of benzene rings is 2. The molecule has 1 aliphatic rings. The molecule has 0 spiro atoms. The average molecular weight is 444 g/mol. The van der Waals surface area contributed by atoms with Gasteiger partial charge in [-0.3, -0.25) is 9.69 Å². The second kappa shape index (κ2) is 9.78. The van der Waals surface area contributed by atoms with Crippen molar-refractivity contribution in [3.8, 4) is 5.75 Å². The molecule has 2 atom stereocenters. The zero-order valence-electron chi connectivity index (χ0n) is 17.8. The standard InChI is InChI=1S/C23H25FN2O6/c1-14-11-26(15(2)10-25(14)12-16-3-5-19(24)6-4-16)21(27)13-32-20-8-17(22(28)29)7-18(9-20)23(30)31/h3-9,14-15H,10-13H2,1-2H3,(H,28,29)(H,30,31). The summed E-state index contributed by atoms with van der Waals surface area (Å²) in [5, 5.41) is 18.3. The number of hydrogen-bond acceptors (Lipinski definition) is 5. The molecule has 0 radical (unpaired) electrons. The molecule has 2 aromatic carbocycles. The molecule has 1 heterocycles. The van der Waals surface area contributed by atoms with Crippen molar-refractivity contribution >= 4 is 17.8 Å². The highest BCUT2D eigenvalue weighted by Gasteiger charge is 2.32. The van der Waals surface area contributed by atoms with Crippen molar-refractivity contribution < 1.29 is 33.7 Å². The summed E-state index contributed by atoms with van der Waals surface area (Å²) in [6.45, 7) is 5.34. The van der Waals surface area contributed by atoms with E-state index in [0.717, 1.165) is 11.6 Å². The summed E-state index contributed by atoms with van der Waals surface area (Å²) >= 11 is 0. The van der Waals surface area contributed by atoms with E-state index in [4.69, 9.17) is 14.9 Å². The Bertz CT molecular complexity index is 978. The number of halogens is 1. The number of piperazine rings is 1. The summed E-state index contributed by atoms with van der Waals surface area (Å²) < 4.78 is 18.6. The number of carboxylic acids is 2. The molecule has 2 aromatic rings. The number of carboxylic acid groups (broad SMARTS) is 2. The Morgan fingerprint density at radius 1 is 0.969 bits per heavy atom. The van der Waals surface area contributed by atoms with Crippen molar-refractivity contribution in [1.82, 2.24) is 9.80 Å². The van der Waals surface area contributed by atoms with Crippen molar-refractivity contribution in [2.75, 3.05) is 19.7 Å². The van der Waals surface area contributed by atoms with Crippen molar-refractivity contribution in [2.24, 2.45) is 0 Å². The van der Waals surface area contributed by atoms with Crippen LogP contribution >= 0.6 is 0 Å². The minimum atomic E-state index is -1.29. The molecule has 1 fully saturated rings. The highest BCUT2D eigenvalue weighted by Crippen LogP contribution is 2.21. The maximum Gasteiger partial charge on any atom is 0.335 e. The normalized spacial score (nSPS) is 18.9. The van der Waals surface area contributed by atoms with Crippen LogP contribution in [-0.2, 0) is 11.3 Å². The summed E-state index contributed by atoms with van der Waals surface area (Å²) in [4.78, 5) is 39.1. The number of hydrogen-bond donors (Lipinski definition) is 2. The van der Waals surface area contributed by atoms with Gasteiger partial charge in [-0.1, -0.05) is 12.1 Å². The van der Waals surface area contributed by atoms with Gasteiger partial charge < -0.3 is 19.8 Å². The monoisotopic (exact) mass is 444 g/mol. The molecule has 1 aliphatic heterocycles.